The summed E-state index contributed by atoms with van der Waals surface area (Å²) in [6.07, 6.45) is 2.40. The number of rotatable bonds is 6. The maximum atomic E-state index is 14.8. The summed E-state index contributed by atoms with van der Waals surface area (Å²) in [4.78, 5) is 23.5. The summed E-state index contributed by atoms with van der Waals surface area (Å²) in [5.74, 6) is 0.561. The normalized spacial score (nSPS) is 22.7. The lowest BCUT2D eigenvalue weighted by Crippen LogP contribution is -2.59. The molecule has 1 fully saturated rings. The molecule has 0 bridgehead atoms. The number of amides is 2. The van der Waals surface area contributed by atoms with E-state index in [-0.39, 0.29) is 34.4 Å². The number of nitrogens with two attached hydrogens (primary N) is 1. The smallest absolute Gasteiger partial charge is 0.326 e. The average Bonchev–Trinajstić information content (AvgIpc) is 3.21. The van der Waals surface area contributed by atoms with E-state index >= 15 is 0 Å². The van der Waals surface area contributed by atoms with Crippen LogP contribution in [0.25, 0.3) is 0 Å². The second kappa shape index (κ2) is 12.2. The highest BCUT2D eigenvalue weighted by Gasteiger charge is 2.60. The number of urea groups is 1. The molecule has 2 N–H and O–H groups in total. The van der Waals surface area contributed by atoms with Crippen LogP contribution in [-0.4, -0.2) is 62.1 Å². The summed E-state index contributed by atoms with van der Waals surface area (Å²) < 4.78 is 31.7. The second-order valence-electron chi connectivity index (χ2n) is 11.5. The van der Waals surface area contributed by atoms with Crippen molar-refractivity contribution in [1.82, 2.24) is 9.80 Å². The van der Waals surface area contributed by atoms with E-state index in [0.717, 1.165) is 17.4 Å². The number of carbonyl (C=O) groups excluding carboxylic acids is 1. The van der Waals surface area contributed by atoms with Crippen molar-refractivity contribution in [3.63, 3.8) is 0 Å². The van der Waals surface area contributed by atoms with Gasteiger partial charge in [0.15, 0.2) is 9.84 Å². The van der Waals surface area contributed by atoms with Gasteiger partial charge in [0.1, 0.15) is 22.7 Å². The van der Waals surface area contributed by atoms with Gasteiger partial charge >= 0.3 is 6.03 Å². The van der Waals surface area contributed by atoms with Crippen molar-refractivity contribution in [2.45, 2.75) is 55.6 Å². The first-order chi connectivity index (χ1) is 20.7. The molecule has 0 unspecified atom stereocenters. The quantitative estimate of drug-likeness (QED) is 0.306. The molecule has 5 rings (SSSR count). The summed E-state index contributed by atoms with van der Waals surface area (Å²) in [6.45, 7) is 6.93. The van der Waals surface area contributed by atoms with E-state index in [1.54, 1.807) is 34.1 Å². The van der Waals surface area contributed by atoms with Gasteiger partial charge < -0.3 is 15.4 Å². The van der Waals surface area contributed by atoms with Crippen LogP contribution < -0.4 is 10.5 Å². The summed E-state index contributed by atoms with van der Waals surface area (Å²) in [7, 11) is -3.75. The average molecular weight is 678 g/mol. The van der Waals surface area contributed by atoms with E-state index in [2.05, 4.69) is 0 Å². The summed E-state index contributed by atoms with van der Waals surface area (Å²) in [5, 5.41) is 1.11. The highest BCUT2D eigenvalue weighted by molar-refractivity contribution is 7.90. The van der Waals surface area contributed by atoms with Gasteiger partial charge in [0, 0.05) is 41.5 Å². The first kappa shape index (κ1) is 32.6. The number of ether oxygens (including phenoxy) is 1. The lowest BCUT2D eigenvalue weighted by molar-refractivity contribution is 0.101. The molecule has 44 heavy (non-hydrogen) atoms. The lowest BCUT2D eigenvalue weighted by atomic mass is 9.71. The summed E-state index contributed by atoms with van der Waals surface area (Å²) in [6, 6.07) is 17.3. The van der Waals surface area contributed by atoms with Gasteiger partial charge in [0.2, 0.25) is 0 Å². The molecule has 0 radical (unpaired) electrons. The highest BCUT2D eigenvalue weighted by atomic mass is 35.5. The predicted octanol–water partition coefficient (Wildman–Crippen LogP) is 6.89. The Morgan fingerprint density at radius 1 is 0.977 bits per heavy atom. The van der Waals surface area contributed by atoms with Crippen molar-refractivity contribution in [2.75, 3.05) is 26.0 Å². The number of sulfone groups is 1. The zero-order valence-electron chi connectivity index (χ0n) is 25.0. The number of benzene rings is 3. The summed E-state index contributed by atoms with van der Waals surface area (Å²) >= 11 is 19.1. The highest BCUT2D eigenvalue weighted by Crippen LogP contribution is 2.54. The molecule has 12 heteroatoms. The SMILES string of the molecule is CCOc1cc(Cl)c(S(C)(=O)=O)cc1C1=N[C@@](C)(c2ccc(Cl)cc2)[C@@](C)(c2ccc(Cl)cc2)N1C(=O)N1CCC(N)CC1. The van der Waals surface area contributed by atoms with Gasteiger partial charge in [-0.15, -0.1) is 0 Å². The molecule has 3 aromatic rings. The molecule has 2 heterocycles. The molecule has 0 spiro atoms. The van der Waals surface area contributed by atoms with Crippen LogP contribution in [0.3, 0.4) is 0 Å². The zero-order chi connectivity index (χ0) is 32.0. The van der Waals surface area contributed by atoms with E-state index < -0.39 is 20.9 Å². The van der Waals surface area contributed by atoms with Crippen LogP contribution in [0, 0.1) is 0 Å². The Balaban J connectivity index is 1.85. The first-order valence-electron chi connectivity index (χ1n) is 14.3. The number of nitrogens with zero attached hydrogens (tertiary/aromatic N) is 3. The van der Waals surface area contributed by atoms with Crippen molar-refractivity contribution < 1.29 is 17.9 Å². The van der Waals surface area contributed by atoms with Crippen molar-refractivity contribution in [1.29, 1.82) is 0 Å². The second-order valence-corrected chi connectivity index (χ2v) is 14.8. The van der Waals surface area contributed by atoms with E-state index in [4.69, 9.17) is 50.3 Å². The van der Waals surface area contributed by atoms with Gasteiger partial charge in [-0.1, -0.05) is 59.1 Å². The lowest BCUT2D eigenvalue weighted by Gasteiger charge is -2.47. The number of piperidine rings is 1. The molecular weight excluding hydrogens is 643 g/mol. The number of amidine groups is 1. The molecule has 1 saturated heterocycles. The van der Waals surface area contributed by atoms with Gasteiger partial charge in [-0.25, -0.2) is 13.2 Å². The third-order valence-corrected chi connectivity index (χ3v) is 10.8. The Morgan fingerprint density at radius 3 is 2.05 bits per heavy atom. The molecule has 2 atom stereocenters. The molecule has 2 aliphatic rings. The largest absolute Gasteiger partial charge is 0.493 e. The van der Waals surface area contributed by atoms with Crippen LogP contribution in [0.15, 0.2) is 70.6 Å². The minimum Gasteiger partial charge on any atom is -0.493 e. The van der Waals surface area contributed by atoms with E-state index in [1.807, 2.05) is 45.0 Å². The number of halogens is 3. The molecule has 3 aromatic carbocycles. The van der Waals surface area contributed by atoms with Crippen molar-refractivity contribution in [3.8, 4) is 5.75 Å². The fourth-order valence-electron chi connectivity index (χ4n) is 6.07. The Labute approximate surface area is 273 Å². The Hall–Kier alpha value is -2.82. The molecule has 0 aromatic heterocycles. The number of likely N-dealkylation sites (tertiary alicyclic amines) is 1. The molecule has 8 nitrogen and oxygen atoms in total. The van der Waals surface area contributed by atoms with Crippen LogP contribution in [0.2, 0.25) is 15.1 Å². The Kier molecular flexibility index (Phi) is 9.01. The van der Waals surface area contributed by atoms with Crippen LogP contribution in [0.5, 0.6) is 5.75 Å². The number of hydrogen-bond donors (Lipinski definition) is 1. The van der Waals surface area contributed by atoms with Crippen LogP contribution >= 0.6 is 34.8 Å². The molecule has 2 aliphatic heterocycles. The monoisotopic (exact) mass is 676 g/mol. The molecular formula is C32H35Cl3N4O4S. The van der Waals surface area contributed by atoms with Crippen LogP contribution in [0.1, 0.15) is 50.3 Å². The van der Waals surface area contributed by atoms with Gasteiger partial charge in [-0.2, -0.15) is 0 Å². The fraction of sp³-hybridized carbons (Fsp3) is 0.375. The van der Waals surface area contributed by atoms with E-state index in [9.17, 15) is 13.2 Å². The number of hydrogen-bond acceptors (Lipinski definition) is 6. The number of carbonyl (C=O) groups is 1. The fourth-order valence-corrected chi connectivity index (χ4v) is 7.64. The standard InChI is InChI=1S/C32H35Cl3N4O4S/c1-5-43-27-19-26(35)28(44(4,41)42)18-25(27)29-37-31(2,20-6-10-22(33)11-7-20)32(3,21-8-12-23(34)13-9-21)39(29)30(40)38-16-14-24(36)15-17-38/h6-13,18-19,24H,5,14-17,36H2,1-4H3/t31-,32+/m0/s1. The Morgan fingerprint density at radius 2 is 1.52 bits per heavy atom. The number of aliphatic imine (C=N–C) groups is 1. The van der Waals surface area contributed by atoms with Crippen molar-refractivity contribution in [2.24, 2.45) is 10.7 Å². The maximum Gasteiger partial charge on any atom is 0.326 e. The molecule has 234 valence electrons. The predicted molar refractivity (Wildman–Crippen MR) is 176 cm³/mol. The van der Waals surface area contributed by atoms with Gasteiger partial charge in [0.05, 0.1) is 22.1 Å². The third kappa shape index (κ3) is 5.69. The topological polar surface area (TPSA) is 105 Å². The van der Waals surface area contributed by atoms with Crippen LogP contribution in [0.4, 0.5) is 4.79 Å². The summed E-state index contributed by atoms with van der Waals surface area (Å²) in [5.41, 5.74) is 5.88. The van der Waals surface area contributed by atoms with Gasteiger partial charge in [-0.3, -0.25) is 9.89 Å². The van der Waals surface area contributed by atoms with Gasteiger partial charge in [0.25, 0.3) is 0 Å². The van der Waals surface area contributed by atoms with Crippen molar-refractivity contribution >= 4 is 56.5 Å². The van der Waals surface area contributed by atoms with Crippen molar-refractivity contribution in [3.05, 3.63) is 92.4 Å². The first-order valence-corrected chi connectivity index (χ1v) is 17.4. The molecule has 2 amide bonds. The van der Waals surface area contributed by atoms with Gasteiger partial charge in [-0.05, 0) is 75.1 Å². The van der Waals surface area contributed by atoms with Crippen LogP contribution in [-0.2, 0) is 20.9 Å². The minimum absolute atomic E-state index is 0.00545. The van der Waals surface area contributed by atoms with E-state index in [0.29, 0.717) is 47.3 Å². The molecule has 0 saturated carbocycles. The molecule has 0 aliphatic carbocycles. The minimum atomic E-state index is -3.75. The van der Waals surface area contributed by atoms with E-state index in [1.165, 1.54) is 12.1 Å². The third-order valence-electron chi connectivity index (χ3n) is 8.72. The Bertz CT molecular complexity index is 1710. The zero-order valence-corrected chi connectivity index (χ0v) is 28.1. The maximum absolute atomic E-state index is 14.8.